The smallest absolute Gasteiger partial charge is 0.229 e. The third kappa shape index (κ3) is 3.18. The predicted octanol–water partition coefficient (Wildman–Crippen LogP) is 3.04. The van der Waals surface area contributed by atoms with Crippen LogP contribution in [0.2, 0.25) is 0 Å². The number of likely N-dealkylation sites (tertiary alicyclic amines) is 2. The first-order valence-electron chi connectivity index (χ1n) is 10.8. The Morgan fingerprint density at radius 1 is 1.21 bits per heavy atom. The minimum Gasteiger partial charge on any atom is -0.339 e. The third-order valence-electron chi connectivity index (χ3n) is 7.60. The van der Waals surface area contributed by atoms with Crippen molar-refractivity contribution in [3.05, 3.63) is 29.2 Å². The van der Waals surface area contributed by atoms with Crippen molar-refractivity contribution in [2.24, 2.45) is 12.5 Å². The van der Waals surface area contributed by atoms with Gasteiger partial charge in [0.2, 0.25) is 5.89 Å². The fourth-order valence-corrected chi connectivity index (χ4v) is 5.25. The maximum absolute atomic E-state index is 5.60. The van der Waals surface area contributed by atoms with Gasteiger partial charge in [-0.2, -0.15) is 10.1 Å². The quantitative estimate of drug-likeness (QED) is 0.807. The lowest BCUT2D eigenvalue weighted by Crippen LogP contribution is -2.40. The van der Waals surface area contributed by atoms with Crippen LogP contribution >= 0.6 is 0 Å². The summed E-state index contributed by atoms with van der Waals surface area (Å²) in [6.07, 6.45) is 9.39. The molecule has 5 rings (SSSR count). The molecule has 3 fully saturated rings. The van der Waals surface area contributed by atoms with Gasteiger partial charge in [-0.25, -0.2) is 0 Å². The summed E-state index contributed by atoms with van der Waals surface area (Å²) in [7, 11) is 4.25. The zero-order valence-electron chi connectivity index (χ0n) is 17.4. The van der Waals surface area contributed by atoms with Crippen LogP contribution in [-0.2, 0) is 13.6 Å². The number of nitrogens with zero attached hydrogens (tertiary/aromatic N) is 6. The fourth-order valence-electron chi connectivity index (χ4n) is 5.25. The molecule has 7 nitrogen and oxygen atoms in total. The van der Waals surface area contributed by atoms with Crippen molar-refractivity contribution in [2.45, 2.75) is 64.0 Å². The van der Waals surface area contributed by atoms with Gasteiger partial charge in [-0.05, 0) is 64.6 Å². The number of rotatable bonds is 4. The Balaban J connectivity index is 1.21. The fraction of sp³-hybridized carbons (Fsp3) is 0.762. The first-order chi connectivity index (χ1) is 13.5. The summed E-state index contributed by atoms with van der Waals surface area (Å²) >= 11 is 0. The molecule has 7 heteroatoms. The van der Waals surface area contributed by atoms with E-state index in [4.69, 9.17) is 9.51 Å². The van der Waals surface area contributed by atoms with Gasteiger partial charge in [-0.3, -0.25) is 14.5 Å². The molecule has 1 unspecified atom stereocenters. The molecule has 2 aromatic heterocycles. The summed E-state index contributed by atoms with van der Waals surface area (Å²) < 4.78 is 7.57. The SMILES string of the molecule is Cc1c(CN2CCC3(CC2)CC(c2noc(C4CCC4)n2)N(C)C3)cnn1C. The maximum atomic E-state index is 5.60. The van der Waals surface area contributed by atoms with Crippen LogP contribution in [0.25, 0.3) is 0 Å². The molecule has 2 aliphatic heterocycles. The van der Waals surface area contributed by atoms with Gasteiger partial charge in [0, 0.05) is 37.3 Å². The predicted molar refractivity (Wildman–Crippen MR) is 106 cm³/mol. The molecule has 0 aromatic carbocycles. The Labute approximate surface area is 167 Å². The highest BCUT2D eigenvalue weighted by Crippen LogP contribution is 2.48. The Kier molecular flexibility index (Phi) is 4.55. The van der Waals surface area contributed by atoms with Gasteiger partial charge in [0.15, 0.2) is 5.82 Å². The Bertz CT molecular complexity index is 830. The molecular formula is C21H32N6O. The molecule has 3 aliphatic rings. The minimum absolute atomic E-state index is 0.310. The first-order valence-corrected chi connectivity index (χ1v) is 10.8. The van der Waals surface area contributed by atoms with E-state index in [1.54, 1.807) is 0 Å². The third-order valence-corrected chi connectivity index (χ3v) is 7.60. The van der Waals surface area contributed by atoms with Crippen molar-refractivity contribution in [3.8, 4) is 0 Å². The molecule has 1 atom stereocenters. The van der Waals surface area contributed by atoms with E-state index in [1.165, 1.54) is 43.4 Å². The molecule has 152 valence electrons. The average Bonchev–Trinajstić information content (AvgIpc) is 3.31. The van der Waals surface area contributed by atoms with E-state index < -0.39 is 0 Å². The second-order valence-corrected chi connectivity index (χ2v) is 9.41. The summed E-state index contributed by atoms with van der Waals surface area (Å²) in [5.74, 6) is 2.30. The Hall–Kier alpha value is -1.73. The molecule has 1 aliphatic carbocycles. The van der Waals surface area contributed by atoms with Crippen molar-refractivity contribution in [1.82, 2.24) is 29.7 Å². The zero-order chi connectivity index (χ0) is 19.3. The van der Waals surface area contributed by atoms with Crippen molar-refractivity contribution in [3.63, 3.8) is 0 Å². The van der Waals surface area contributed by atoms with E-state index in [1.807, 2.05) is 17.9 Å². The zero-order valence-corrected chi connectivity index (χ0v) is 17.4. The van der Waals surface area contributed by atoms with Crippen molar-refractivity contribution in [1.29, 1.82) is 0 Å². The van der Waals surface area contributed by atoms with Crippen molar-refractivity contribution >= 4 is 0 Å². The Morgan fingerprint density at radius 3 is 2.64 bits per heavy atom. The van der Waals surface area contributed by atoms with Gasteiger partial charge < -0.3 is 4.52 Å². The average molecular weight is 385 g/mol. The van der Waals surface area contributed by atoms with Crippen LogP contribution in [0.15, 0.2) is 10.7 Å². The molecule has 0 amide bonds. The number of aryl methyl sites for hydroxylation is 1. The van der Waals surface area contributed by atoms with Crippen molar-refractivity contribution < 1.29 is 4.52 Å². The van der Waals surface area contributed by atoms with Crippen LogP contribution in [-0.4, -0.2) is 56.4 Å². The molecule has 1 spiro atoms. The van der Waals surface area contributed by atoms with E-state index in [0.29, 0.717) is 17.4 Å². The highest BCUT2D eigenvalue weighted by molar-refractivity contribution is 5.16. The summed E-state index contributed by atoms with van der Waals surface area (Å²) in [6, 6.07) is 0.310. The summed E-state index contributed by atoms with van der Waals surface area (Å²) in [4.78, 5) is 9.83. The lowest BCUT2D eigenvalue weighted by molar-refractivity contribution is 0.105. The minimum atomic E-state index is 0.310. The number of hydrogen-bond acceptors (Lipinski definition) is 6. The van der Waals surface area contributed by atoms with E-state index in [0.717, 1.165) is 44.3 Å². The number of piperidine rings is 1. The number of aromatic nitrogens is 4. The summed E-state index contributed by atoms with van der Waals surface area (Å²) in [5, 5.41) is 8.76. The van der Waals surface area contributed by atoms with E-state index in [-0.39, 0.29) is 0 Å². The van der Waals surface area contributed by atoms with E-state index in [9.17, 15) is 0 Å². The van der Waals surface area contributed by atoms with Gasteiger partial charge in [-0.15, -0.1) is 0 Å². The molecule has 4 heterocycles. The molecule has 28 heavy (non-hydrogen) atoms. The highest BCUT2D eigenvalue weighted by atomic mass is 16.5. The van der Waals surface area contributed by atoms with Crippen LogP contribution < -0.4 is 0 Å². The van der Waals surface area contributed by atoms with Crippen LogP contribution in [0.1, 0.15) is 73.5 Å². The molecular weight excluding hydrogens is 352 g/mol. The first kappa shape index (κ1) is 18.3. The van der Waals surface area contributed by atoms with Crippen molar-refractivity contribution in [2.75, 3.05) is 26.7 Å². The van der Waals surface area contributed by atoms with Gasteiger partial charge >= 0.3 is 0 Å². The lowest BCUT2D eigenvalue weighted by Gasteiger charge is -2.39. The lowest BCUT2D eigenvalue weighted by atomic mass is 9.76. The Morgan fingerprint density at radius 2 is 2.00 bits per heavy atom. The normalized spacial score (nSPS) is 26.2. The topological polar surface area (TPSA) is 63.2 Å². The van der Waals surface area contributed by atoms with E-state index in [2.05, 4.69) is 34.0 Å². The van der Waals surface area contributed by atoms with Crippen LogP contribution in [0.3, 0.4) is 0 Å². The van der Waals surface area contributed by atoms with Gasteiger partial charge in [0.05, 0.1) is 12.2 Å². The molecule has 1 saturated carbocycles. The second kappa shape index (κ2) is 6.95. The highest BCUT2D eigenvalue weighted by Gasteiger charge is 2.46. The second-order valence-electron chi connectivity index (χ2n) is 9.41. The number of hydrogen-bond donors (Lipinski definition) is 0. The molecule has 0 N–H and O–H groups in total. The van der Waals surface area contributed by atoms with Gasteiger partial charge in [-0.1, -0.05) is 11.6 Å². The van der Waals surface area contributed by atoms with Gasteiger partial charge in [0.1, 0.15) is 0 Å². The standard InChI is InChI=1S/C21H32N6O/c1-15-17(12-22-26(15)3)13-27-9-7-21(8-10-27)11-18(25(2)14-21)19-23-20(28-24-19)16-5-4-6-16/h12,16,18H,4-11,13-14H2,1-3H3. The van der Waals surface area contributed by atoms with Crippen LogP contribution in [0.5, 0.6) is 0 Å². The maximum Gasteiger partial charge on any atom is 0.229 e. The van der Waals surface area contributed by atoms with Crippen LogP contribution in [0.4, 0.5) is 0 Å². The monoisotopic (exact) mass is 384 g/mol. The van der Waals surface area contributed by atoms with Gasteiger partial charge in [0.25, 0.3) is 0 Å². The molecule has 2 aromatic rings. The van der Waals surface area contributed by atoms with E-state index >= 15 is 0 Å². The largest absolute Gasteiger partial charge is 0.339 e. The molecule has 0 bridgehead atoms. The molecule has 2 saturated heterocycles. The summed E-state index contributed by atoms with van der Waals surface area (Å²) in [6.45, 7) is 6.64. The molecule has 0 radical (unpaired) electrons. The van der Waals surface area contributed by atoms with Crippen LogP contribution in [0, 0.1) is 12.3 Å². The summed E-state index contributed by atoms with van der Waals surface area (Å²) in [5.41, 5.74) is 3.03.